The van der Waals surface area contributed by atoms with Crippen LogP contribution in [0.15, 0.2) is 41.8 Å². The average molecular weight is 404 g/mol. The van der Waals surface area contributed by atoms with Gasteiger partial charge in [-0.15, -0.1) is 11.3 Å². The molecular weight excluding hydrogens is 385 g/mol. The van der Waals surface area contributed by atoms with Gasteiger partial charge in [0.15, 0.2) is 0 Å². The quantitative estimate of drug-likeness (QED) is 0.585. The van der Waals surface area contributed by atoms with Gasteiger partial charge in [-0.05, 0) is 44.0 Å². The van der Waals surface area contributed by atoms with Gasteiger partial charge >= 0.3 is 6.18 Å². The smallest absolute Gasteiger partial charge is 0.325 e. The minimum absolute atomic E-state index is 0.101. The number of rotatable bonds is 4. The lowest BCUT2D eigenvalue weighted by molar-refractivity contribution is -0.137. The van der Waals surface area contributed by atoms with E-state index in [1.54, 1.807) is 5.38 Å². The molecule has 2 aromatic carbocycles. The van der Waals surface area contributed by atoms with E-state index >= 15 is 0 Å². The van der Waals surface area contributed by atoms with Gasteiger partial charge in [-0.25, -0.2) is 4.98 Å². The van der Waals surface area contributed by atoms with Crippen LogP contribution in [-0.2, 0) is 17.4 Å². The monoisotopic (exact) mass is 404 g/mol. The third-order valence-electron chi connectivity index (χ3n) is 4.29. The van der Waals surface area contributed by atoms with Crippen LogP contribution >= 0.6 is 11.3 Å². The molecule has 1 heterocycles. The molecule has 0 fully saturated rings. The number of carbonyl (C=O) groups is 1. The summed E-state index contributed by atoms with van der Waals surface area (Å²) < 4.78 is 38.0. The molecule has 3 nitrogen and oxygen atoms in total. The van der Waals surface area contributed by atoms with Crippen LogP contribution in [-0.4, -0.2) is 10.9 Å². The standard InChI is InChI=1S/C21H19F3N2OS/c1-12-8-13(2)19(14(3)9-12)26-18(27)10-17-11-28-20(25-17)15-4-6-16(7-5-15)21(22,23)24/h4-9,11H,10H2,1-3H3,(H,26,27). The van der Waals surface area contributed by atoms with Gasteiger partial charge in [-0.1, -0.05) is 29.8 Å². The van der Waals surface area contributed by atoms with Crippen LogP contribution < -0.4 is 5.32 Å². The summed E-state index contributed by atoms with van der Waals surface area (Å²) in [5.74, 6) is -0.181. The minimum Gasteiger partial charge on any atom is -0.325 e. The van der Waals surface area contributed by atoms with Crippen molar-refractivity contribution < 1.29 is 18.0 Å². The highest BCUT2D eigenvalue weighted by Gasteiger charge is 2.30. The molecule has 0 aliphatic carbocycles. The predicted molar refractivity (Wildman–Crippen MR) is 106 cm³/mol. The first kappa shape index (κ1) is 20.1. The highest BCUT2D eigenvalue weighted by Crippen LogP contribution is 2.32. The van der Waals surface area contributed by atoms with Crippen LogP contribution in [0.2, 0.25) is 0 Å². The Morgan fingerprint density at radius 2 is 1.68 bits per heavy atom. The highest BCUT2D eigenvalue weighted by molar-refractivity contribution is 7.13. The third-order valence-corrected chi connectivity index (χ3v) is 5.23. The van der Waals surface area contributed by atoms with Gasteiger partial charge in [0.05, 0.1) is 17.7 Å². The second-order valence-electron chi connectivity index (χ2n) is 6.72. The Morgan fingerprint density at radius 1 is 1.07 bits per heavy atom. The summed E-state index contributed by atoms with van der Waals surface area (Å²) in [7, 11) is 0. The molecule has 0 unspecified atom stereocenters. The number of hydrogen-bond donors (Lipinski definition) is 1. The van der Waals surface area contributed by atoms with E-state index in [1.165, 1.54) is 23.5 Å². The lowest BCUT2D eigenvalue weighted by Crippen LogP contribution is -2.16. The van der Waals surface area contributed by atoms with Crippen molar-refractivity contribution in [2.45, 2.75) is 33.4 Å². The molecule has 0 saturated heterocycles. The van der Waals surface area contributed by atoms with E-state index in [-0.39, 0.29) is 12.3 Å². The van der Waals surface area contributed by atoms with E-state index in [2.05, 4.69) is 10.3 Å². The van der Waals surface area contributed by atoms with Crippen LogP contribution in [0.4, 0.5) is 18.9 Å². The van der Waals surface area contributed by atoms with Gasteiger partial charge in [0.25, 0.3) is 0 Å². The second-order valence-corrected chi connectivity index (χ2v) is 7.58. The van der Waals surface area contributed by atoms with Gasteiger partial charge in [-0.3, -0.25) is 4.79 Å². The van der Waals surface area contributed by atoms with Crippen molar-refractivity contribution in [2.75, 3.05) is 5.32 Å². The van der Waals surface area contributed by atoms with Crippen molar-refractivity contribution in [1.29, 1.82) is 0 Å². The maximum absolute atomic E-state index is 12.7. The van der Waals surface area contributed by atoms with Crippen LogP contribution in [0.5, 0.6) is 0 Å². The van der Waals surface area contributed by atoms with Gasteiger partial charge < -0.3 is 5.32 Å². The second kappa shape index (κ2) is 7.75. The molecule has 3 rings (SSSR count). The fourth-order valence-electron chi connectivity index (χ4n) is 3.05. The topological polar surface area (TPSA) is 42.0 Å². The molecule has 146 valence electrons. The van der Waals surface area contributed by atoms with Crippen molar-refractivity contribution in [3.8, 4) is 10.6 Å². The lowest BCUT2D eigenvalue weighted by Gasteiger charge is -2.12. The molecular formula is C21H19F3N2OS. The molecule has 0 spiro atoms. The maximum atomic E-state index is 12.7. The normalized spacial score (nSPS) is 11.5. The number of anilines is 1. The van der Waals surface area contributed by atoms with E-state index in [0.29, 0.717) is 16.3 Å². The molecule has 3 aromatic rings. The number of halogens is 3. The van der Waals surface area contributed by atoms with Gasteiger partial charge in [0.1, 0.15) is 5.01 Å². The van der Waals surface area contributed by atoms with Gasteiger partial charge in [0, 0.05) is 16.6 Å². The molecule has 1 N–H and O–H groups in total. The Labute approximate surface area is 165 Å². The van der Waals surface area contributed by atoms with Crippen molar-refractivity contribution in [2.24, 2.45) is 0 Å². The number of aryl methyl sites for hydroxylation is 3. The average Bonchev–Trinajstić information content (AvgIpc) is 3.06. The van der Waals surface area contributed by atoms with Gasteiger partial charge in [0.2, 0.25) is 5.91 Å². The number of benzene rings is 2. The first-order valence-electron chi connectivity index (χ1n) is 8.63. The molecule has 0 aliphatic rings. The fraction of sp³-hybridized carbons (Fsp3) is 0.238. The largest absolute Gasteiger partial charge is 0.416 e. The number of amides is 1. The number of nitrogens with one attached hydrogen (secondary N) is 1. The molecule has 0 radical (unpaired) electrons. The van der Waals surface area contributed by atoms with Gasteiger partial charge in [-0.2, -0.15) is 13.2 Å². The molecule has 28 heavy (non-hydrogen) atoms. The molecule has 0 aliphatic heterocycles. The van der Waals surface area contributed by atoms with Crippen molar-refractivity contribution >= 4 is 22.9 Å². The Morgan fingerprint density at radius 3 is 2.25 bits per heavy atom. The van der Waals surface area contributed by atoms with Crippen molar-refractivity contribution in [1.82, 2.24) is 4.98 Å². The number of aromatic nitrogens is 1. The zero-order valence-corrected chi connectivity index (χ0v) is 16.5. The summed E-state index contributed by atoms with van der Waals surface area (Å²) in [6.45, 7) is 5.89. The Hall–Kier alpha value is -2.67. The summed E-state index contributed by atoms with van der Waals surface area (Å²) in [5.41, 5.74) is 4.40. The number of nitrogens with zero attached hydrogens (tertiary/aromatic N) is 1. The number of carbonyl (C=O) groups excluding carboxylic acids is 1. The highest BCUT2D eigenvalue weighted by atomic mass is 32.1. The Bertz CT molecular complexity index is 984. The molecule has 0 saturated carbocycles. The SMILES string of the molecule is Cc1cc(C)c(NC(=O)Cc2csc(-c3ccc(C(F)(F)F)cc3)n2)c(C)c1. The zero-order valence-electron chi connectivity index (χ0n) is 15.6. The number of hydrogen-bond acceptors (Lipinski definition) is 3. The Kier molecular flexibility index (Phi) is 5.56. The summed E-state index contributed by atoms with van der Waals surface area (Å²) >= 11 is 1.30. The molecule has 0 atom stereocenters. The molecule has 7 heteroatoms. The predicted octanol–water partition coefficient (Wildman–Crippen LogP) is 5.94. The molecule has 1 aromatic heterocycles. The van der Waals surface area contributed by atoms with Crippen molar-refractivity contribution in [3.63, 3.8) is 0 Å². The van der Waals surface area contributed by atoms with E-state index < -0.39 is 11.7 Å². The van der Waals surface area contributed by atoms with E-state index in [0.717, 1.165) is 34.5 Å². The summed E-state index contributed by atoms with van der Waals surface area (Å²) in [6, 6.07) is 8.87. The van der Waals surface area contributed by atoms with E-state index in [4.69, 9.17) is 0 Å². The zero-order chi connectivity index (χ0) is 20.5. The Balaban J connectivity index is 1.70. The first-order chi connectivity index (χ1) is 13.1. The number of alkyl halides is 3. The van der Waals surface area contributed by atoms with Crippen LogP contribution in [0, 0.1) is 20.8 Å². The van der Waals surface area contributed by atoms with Crippen LogP contribution in [0.3, 0.4) is 0 Å². The maximum Gasteiger partial charge on any atom is 0.416 e. The minimum atomic E-state index is -4.36. The summed E-state index contributed by atoms with van der Waals surface area (Å²) in [4.78, 5) is 16.8. The number of thiazole rings is 1. The molecule has 1 amide bonds. The lowest BCUT2D eigenvalue weighted by atomic mass is 10.0. The summed E-state index contributed by atoms with van der Waals surface area (Å²) in [6.07, 6.45) is -4.26. The summed E-state index contributed by atoms with van der Waals surface area (Å²) in [5, 5.41) is 5.26. The van der Waals surface area contributed by atoms with E-state index in [1.807, 2.05) is 32.9 Å². The van der Waals surface area contributed by atoms with Crippen LogP contribution in [0.1, 0.15) is 27.9 Å². The van der Waals surface area contributed by atoms with E-state index in [9.17, 15) is 18.0 Å². The fourth-order valence-corrected chi connectivity index (χ4v) is 3.87. The van der Waals surface area contributed by atoms with Crippen LogP contribution in [0.25, 0.3) is 10.6 Å². The molecule has 0 bridgehead atoms. The third kappa shape index (κ3) is 4.59. The van der Waals surface area contributed by atoms with Crippen molar-refractivity contribution in [3.05, 3.63) is 69.7 Å². The first-order valence-corrected chi connectivity index (χ1v) is 9.51.